The van der Waals surface area contributed by atoms with E-state index >= 15 is 0 Å². The number of carboxylic acid groups (broad SMARTS) is 1. The molecule has 0 aromatic carbocycles. The summed E-state index contributed by atoms with van der Waals surface area (Å²) in [5.41, 5.74) is 0. The lowest BCUT2D eigenvalue weighted by molar-refractivity contribution is -0.138. The number of rotatable bonds is 9. The van der Waals surface area contributed by atoms with Crippen LogP contribution in [0.1, 0.15) is 19.3 Å². The molecule has 0 aromatic heterocycles. The van der Waals surface area contributed by atoms with Crippen molar-refractivity contribution in [2.24, 2.45) is 0 Å². The lowest BCUT2D eigenvalue weighted by Gasteiger charge is -2.03. The van der Waals surface area contributed by atoms with Gasteiger partial charge in [0.25, 0.3) is 0 Å². The minimum absolute atomic E-state index is 0.0388. The zero-order valence-corrected chi connectivity index (χ0v) is 8.20. The molecule has 0 amide bonds. The van der Waals surface area contributed by atoms with Gasteiger partial charge in [0.2, 0.25) is 0 Å². The van der Waals surface area contributed by atoms with Crippen LogP contribution in [0.5, 0.6) is 0 Å². The zero-order chi connectivity index (χ0) is 10.6. The molecule has 0 saturated heterocycles. The van der Waals surface area contributed by atoms with Crippen LogP contribution in [0, 0.1) is 12.3 Å². The van der Waals surface area contributed by atoms with E-state index < -0.39 is 5.97 Å². The molecule has 14 heavy (non-hydrogen) atoms. The lowest BCUT2D eigenvalue weighted by atomic mass is 10.3. The number of hydrogen-bond acceptors (Lipinski definition) is 3. The van der Waals surface area contributed by atoms with Crippen LogP contribution in [-0.2, 0) is 14.3 Å². The van der Waals surface area contributed by atoms with Gasteiger partial charge < -0.3 is 14.6 Å². The highest BCUT2D eigenvalue weighted by Crippen LogP contribution is 1.88. The molecule has 0 radical (unpaired) electrons. The van der Waals surface area contributed by atoms with Gasteiger partial charge in [-0.1, -0.05) is 0 Å². The van der Waals surface area contributed by atoms with Gasteiger partial charge in [0, 0.05) is 13.0 Å². The number of hydrogen-bond donors (Lipinski definition) is 1. The smallest absolute Gasteiger partial charge is 0.305 e. The summed E-state index contributed by atoms with van der Waals surface area (Å²) < 4.78 is 10.2. The fourth-order valence-corrected chi connectivity index (χ4v) is 0.758. The van der Waals surface area contributed by atoms with Gasteiger partial charge in [0.05, 0.1) is 26.2 Å². The third-order valence-corrected chi connectivity index (χ3v) is 1.44. The molecule has 0 rings (SSSR count). The molecular weight excluding hydrogens is 184 g/mol. The van der Waals surface area contributed by atoms with Crippen LogP contribution in [0.3, 0.4) is 0 Å². The van der Waals surface area contributed by atoms with E-state index in [9.17, 15) is 4.79 Å². The largest absolute Gasteiger partial charge is 0.481 e. The van der Waals surface area contributed by atoms with Crippen molar-refractivity contribution < 1.29 is 19.4 Å². The fourth-order valence-electron chi connectivity index (χ4n) is 0.758. The molecule has 0 saturated carbocycles. The minimum Gasteiger partial charge on any atom is -0.481 e. The molecule has 0 heterocycles. The summed E-state index contributed by atoms with van der Waals surface area (Å²) in [5.74, 6) is 1.67. The Bertz CT molecular complexity index is 183. The van der Waals surface area contributed by atoms with Gasteiger partial charge in [-0.05, 0) is 6.42 Å². The zero-order valence-electron chi connectivity index (χ0n) is 8.20. The molecule has 0 bridgehead atoms. The number of terminal acetylenes is 1. The maximum Gasteiger partial charge on any atom is 0.305 e. The standard InChI is InChI=1S/C10H16O4/c1-2-3-4-6-13-8-9-14-7-5-10(11)12/h1H,3-9H2,(H,11,12). The van der Waals surface area contributed by atoms with Gasteiger partial charge in [-0.3, -0.25) is 4.79 Å². The third kappa shape index (κ3) is 11.0. The van der Waals surface area contributed by atoms with Gasteiger partial charge >= 0.3 is 5.97 Å². The molecule has 0 aliphatic carbocycles. The van der Waals surface area contributed by atoms with Crippen LogP contribution >= 0.6 is 0 Å². The summed E-state index contributed by atoms with van der Waals surface area (Å²) in [5, 5.41) is 8.28. The first-order valence-electron chi connectivity index (χ1n) is 4.58. The van der Waals surface area contributed by atoms with Crippen molar-refractivity contribution in [1.82, 2.24) is 0 Å². The molecule has 0 aliphatic rings. The van der Waals surface area contributed by atoms with Crippen LogP contribution < -0.4 is 0 Å². The van der Waals surface area contributed by atoms with Crippen molar-refractivity contribution in [1.29, 1.82) is 0 Å². The summed E-state index contributed by atoms with van der Waals surface area (Å²) >= 11 is 0. The molecule has 0 atom stereocenters. The quantitative estimate of drug-likeness (QED) is 0.444. The first-order chi connectivity index (χ1) is 6.77. The number of unbranched alkanes of at least 4 members (excludes halogenated alkanes) is 1. The summed E-state index contributed by atoms with van der Waals surface area (Å²) in [6.07, 6.45) is 6.67. The minimum atomic E-state index is -0.847. The molecule has 4 nitrogen and oxygen atoms in total. The Balaban J connectivity index is 2.93. The van der Waals surface area contributed by atoms with Crippen LogP contribution in [-0.4, -0.2) is 37.5 Å². The van der Waals surface area contributed by atoms with Crippen molar-refractivity contribution in [3.8, 4) is 12.3 Å². The van der Waals surface area contributed by atoms with E-state index in [-0.39, 0.29) is 13.0 Å². The maximum absolute atomic E-state index is 10.1. The van der Waals surface area contributed by atoms with Crippen LogP contribution in [0.15, 0.2) is 0 Å². The highest BCUT2D eigenvalue weighted by atomic mass is 16.5. The summed E-state index contributed by atoms with van der Waals surface area (Å²) in [7, 11) is 0. The van der Waals surface area contributed by atoms with E-state index in [1.165, 1.54) is 0 Å². The number of carbonyl (C=O) groups is 1. The lowest BCUT2D eigenvalue weighted by Crippen LogP contribution is -2.08. The Kier molecular flexibility index (Phi) is 9.28. The van der Waals surface area contributed by atoms with Gasteiger partial charge in [-0.2, -0.15) is 0 Å². The topological polar surface area (TPSA) is 55.8 Å². The predicted molar refractivity (Wildman–Crippen MR) is 52.0 cm³/mol. The molecule has 0 aliphatic heterocycles. The Labute approximate surface area is 84.2 Å². The normalized spacial score (nSPS) is 9.64. The first kappa shape index (κ1) is 12.9. The van der Waals surface area contributed by atoms with E-state index in [1.54, 1.807) is 0 Å². The third-order valence-electron chi connectivity index (χ3n) is 1.44. The van der Waals surface area contributed by atoms with E-state index in [0.29, 0.717) is 19.8 Å². The average molecular weight is 200 g/mol. The van der Waals surface area contributed by atoms with Crippen LogP contribution in [0.4, 0.5) is 0 Å². The summed E-state index contributed by atoms with van der Waals surface area (Å²) in [6, 6.07) is 0. The van der Waals surface area contributed by atoms with Crippen molar-refractivity contribution in [2.75, 3.05) is 26.4 Å². The van der Waals surface area contributed by atoms with E-state index in [1.807, 2.05) is 0 Å². The second-order valence-corrected chi connectivity index (χ2v) is 2.68. The van der Waals surface area contributed by atoms with Crippen molar-refractivity contribution in [3.63, 3.8) is 0 Å². The molecule has 80 valence electrons. The fraction of sp³-hybridized carbons (Fsp3) is 0.700. The Morgan fingerprint density at radius 3 is 2.43 bits per heavy atom. The number of ether oxygens (including phenoxy) is 2. The Morgan fingerprint density at radius 2 is 1.86 bits per heavy atom. The molecule has 4 heteroatoms. The molecule has 0 fully saturated rings. The van der Waals surface area contributed by atoms with Crippen molar-refractivity contribution in [3.05, 3.63) is 0 Å². The average Bonchev–Trinajstić information content (AvgIpc) is 2.15. The van der Waals surface area contributed by atoms with E-state index in [0.717, 1.165) is 12.8 Å². The Hall–Kier alpha value is -1.05. The molecular formula is C10H16O4. The predicted octanol–water partition coefficient (Wildman–Crippen LogP) is 0.908. The van der Waals surface area contributed by atoms with Gasteiger partial charge in [0.15, 0.2) is 0 Å². The van der Waals surface area contributed by atoms with E-state index in [2.05, 4.69) is 5.92 Å². The van der Waals surface area contributed by atoms with Gasteiger partial charge in [0.1, 0.15) is 0 Å². The first-order valence-corrected chi connectivity index (χ1v) is 4.58. The van der Waals surface area contributed by atoms with Gasteiger partial charge in [-0.15, -0.1) is 12.3 Å². The monoisotopic (exact) mass is 200 g/mol. The molecule has 0 unspecified atom stereocenters. The summed E-state index contributed by atoms with van der Waals surface area (Å²) in [4.78, 5) is 10.1. The van der Waals surface area contributed by atoms with Crippen molar-refractivity contribution in [2.45, 2.75) is 19.3 Å². The molecule has 1 N–H and O–H groups in total. The Morgan fingerprint density at radius 1 is 1.21 bits per heavy atom. The van der Waals surface area contributed by atoms with Crippen LogP contribution in [0.2, 0.25) is 0 Å². The highest BCUT2D eigenvalue weighted by Gasteiger charge is 1.95. The van der Waals surface area contributed by atoms with E-state index in [4.69, 9.17) is 21.0 Å². The highest BCUT2D eigenvalue weighted by molar-refractivity contribution is 5.66. The molecule has 0 spiro atoms. The SMILES string of the molecule is C#CCCCOCCOCCC(=O)O. The second kappa shape index (κ2) is 10.0. The summed E-state index contributed by atoms with van der Waals surface area (Å²) in [6.45, 7) is 1.79. The van der Waals surface area contributed by atoms with Crippen molar-refractivity contribution >= 4 is 5.97 Å². The number of aliphatic carboxylic acids is 1. The van der Waals surface area contributed by atoms with Gasteiger partial charge in [-0.25, -0.2) is 0 Å². The van der Waals surface area contributed by atoms with Crippen LogP contribution in [0.25, 0.3) is 0 Å². The maximum atomic E-state index is 10.1. The molecule has 0 aromatic rings. The number of carboxylic acids is 1. The second-order valence-electron chi connectivity index (χ2n) is 2.68.